The Balaban J connectivity index is 1.69. The highest BCUT2D eigenvalue weighted by Crippen LogP contribution is 2.24. The third-order valence-electron chi connectivity index (χ3n) is 3.11. The minimum absolute atomic E-state index is 0.142. The molecule has 3 aromatic rings. The molecule has 0 saturated carbocycles. The van der Waals surface area contributed by atoms with Crippen LogP contribution in [-0.4, -0.2) is 21.3 Å². The molecular formula is C16H15N3O2S. The van der Waals surface area contributed by atoms with Gasteiger partial charge in [-0.05, 0) is 26.0 Å². The van der Waals surface area contributed by atoms with E-state index in [9.17, 15) is 4.79 Å². The summed E-state index contributed by atoms with van der Waals surface area (Å²) in [6.45, 7) is 3.64. The van der Waals surface area contributed by atoms with Gasteiger partial charge < -0.3 is 4.52 Å². The molecule has 0 spiro atoms. The smallest absolute Gasteiger partial charge is 0.240 e. The first-order valence-corrected chi connectivity index (χ1v) is 7.76. The minimum atomic E-state index is -0.293. The van der Waals surface area contributed by atoms with Gasteiger partial charge in [0.2, 0.25) is 11.8 Å². The number of amides is 1. The number of nitrogens with one attached hydrogen (secondary N) is 1. The lowest BCUT2D eigenvalue weighted by Crippen LogP contribution is -2.22. The standard InChI is InChI=1S/C16H15N3O2S/c1-10-9-14(21-19-10)18-16(20)11(2)22-15-8-7-12-5-3-4-6-13(12)17-15/h3-9,11H,1-2H3,(H,18,20). The van der Waals surface area contributed by atoms with Gasteiger partial charge in [-0.25, -0.2) is 4.98 Å². The number of rotatable bonds is 4. The van der Waals surface area contributed by atoms with Gasteiger partial charge in [0.25, 0.3) is 0 Å². The third kappa shape index (κ3) is 3.28. The highest BCUT2D eigenvalue weighted by Gasteiger charge is 2.17. The van der Waals surface area contributed by atoms with Gasteiger partial charge in [-0.3, -0.25) is 10.1 Å². The van der Waals surface area contributed by atoms with E-state index < -0.39 is 0 Å². The van der Waals surface area contributed by atoms with Gasteiger partial charge in [-0.15, -0.1) is 0 Å². The molecule has 6 heteroatoms. The highest BCUT2D eigenvalue weighted by atomic mass is 32.2. The summed E-state index contributed by atoms with van der Waals surface area (Å²) in [7, 11) is 0. The molecule has 0 aliphatic rings. The summed E-state index contributed by atoms with van der Waals surface area (Å²) in [5.74, 6) is 0.220. The second kappa shape index (κ2) is 6.19. The molecule has 1 amide bonds. The molecule has 112 valence electrons. The first-order chi connectivity index (χ1) is 10.6. The van der Waals surface area contributed by atoms with E-state index in [0.717, 1.165) is 21.6 Å². The van der Waals surface area contributed by atoms with Crippen LogP contribution in [0.2, 0.25) is 0 Å². The fourth-order valence-electron chi connectivity index (χ4n) is 1.99. The van der Waals surface area contributed by atoms with E-state index in [4.69, 9.17) is 4.52 Å². The number of hydrogen-bond acceptors (Lipinski definition) is 5. The Hall–Kier alpha value is -2.34. The average Bonchev–Trinajstić information content (AvgIpc) is 2.92. The van der Waals surface area contributed by atoms with Crippen LogP contribution in [0.3, 0.4) is 0 Å². The molecule has 1 unspecified atom stereocenters. The zero-order valence-electron chi connectivity index (χ0n) is 12.2. The van der Waals surface area contributed by atoms with Crippen molar-refractivity contribution in [2.45, 2.75) is 24.1 Å². The Morgan fingerprint density at radius 1 is 1.27 bits per heavy atom. The number of benzene rings is 1. The first-order valence-electron chi connectivity index (χ1n) is 6.88. The summed E-state index contributed by atoms with van der Waals surface area (Å²) in [5, 5.41) is 8.05. The topological polar surface area (TPSA) is 68.0 Å². The van der Waals surface area contributed by atoms with Gasteiger partial charge in [0.05, 0.1) is 21.5 Å². The predicted molar refractivity (Wildman–Crippen MR) is 86.9 cm³/mol. The highest BCUT2D eigenvalue weighted by molar-refractivity contribution is 8.00. The molecule has 0 saturated heterocycles. The van der Waals surface area contributed by atoms with Crippen molar-refractivity contribution in [3.05, 3.63) is 48.2 Å². The molecule has 1 atom stereocenters. The molecular weight excluding hydrogens is 298 g/mol. The van der Waals surface area contributed by atoms with Crippen LogP contribution >= 0.6 is 11.8 Å². The van der Waals surface area contributed by atoms with Crippen molar-refractivity contribution in [1.29, 1.82) is 0 Å². The summed E-state index contributed by atoms with van der Waals surface area (Å²) in [5.41, 5.74) is 1.65. The maximum Gasteiger partial charge on any atom is 0.240 e. The van der Waals surface area contributed by atoms with Crippen molar-refractivity contribution in [2.24, 2.45) is 0 Å². The first kappa shape index (κ1) is 14.6. The van der Waals surface area contributed by atoms with E-state index in [2.05, 4.69) is 15.5 Å². The van der Waals surface area contributed by atoms with Crippen molar-refractivity contribution in [2.75, 3.05) is 5.32 Å². The van der Waals surface area contributed by atoms with E-state index in [1.807, 2.05) is 43.3 Å². The summed E-state index contributed by atoms with van der Waals surface area (Å²) in [4.78, 5) is 16.7. The van der Waals surface area contributed by atoms with Gasteiger partial charge in [0.15, 0.2) is 0 Å². The summed E-state index contributed by atoms with van der Waals surface area (Å²) in [6.07, 6.45) is 0. The molecule has 0 aliphatic carbocycles. The lowest BCUT2D eigenvalue weighted by Gasteiger charge is -2.10. The van der Waals surface area contributed by atoms with Gasteiger partial charge in [0, 0.05) is 11.5 Å². The molecule has 0 aliphatic heterocycles. The minimum Gasteiger partial charge on any atom is -0.338 e. The predicted octanol–water partition coefficient (Wildman–Crippen LogP) is 3.65. The number of carbonyl (C=O) groups excluding carboxylic acids is 1. The number of nitrogens with zero attached hydrogens (tertiary/aromatic N) is 2. The van der Waals surface area contributed by atoms with Gasteiger partial charge in [0.1, 0.15) is 0 Å². The largest absolute Gasteiger partial charge is 0.338 e. The van der Waals surface area contributed by atoms with Crippen molar-refractivity contribution >= 4 is 34.5 Å². The second-order valence-corrected chi connectivity index (χ2v) is 6.29. The van der Waals surface area contributed by atoms with Gasteiger partial charge in [-0.1, -0.05) is 41.2 Å². The molecule has 5 nitrogen and oxygen atoms in total. The fourth-order valence-corrected chi connectivity index (χ4v) is 2.82. The number of aromatic nitrogens is 2. The number of pyridine rings is 1. The van der Waals surface area contributed by atoms with E-state index >= 15 is 0 Å². The molecule has 0 radical (unpaired) electrons. The number of aryl methyl sites for hydroxylation is 1. The van der Waals surface area contributed by atoms with Crippen LogP contribution in [0.15, 0.2) is 52.0 Å². The Labute approximate surface area is 132 Å². The van der Waals surface area contributed by atoms with Crippen LogP contribution in [0.25, 0.3) is 10.9 Å². The molecule has 0 bridgehead atoms. The number of thioether (sulfide) groups is 1. The van der Waals surface area contributed by atoms with Crippen LogP contribution in [0, 0.1) is 6.92 Å². The quantitative estimate of drug-likeness (QED) is 0.745. The van der Waals surface area contributed by atoms with Gasteiger partial charge in [-0.2, -0.15) is 0 Å². The molecule has 1 N–H and O–H groups in total. The van der Waals surface area contributed by atoms with Crippen LogP contribution in [0.1, 0.15) is 12.6 Å². The van der Waals surface area contributed by atoms with Crippen molar-refractivity contribution in [1.82, 2.24) is 10.1 Å². The van der Waals surface area contributed by atoms with Crippen molar-refractivity contribution in [3.63, 3.8) is 0 Å². The van der Waals surface area contributed by atoms with E-state index in [-0.39, 0.29) is 11.2 Å². The Bertz CT molecular complexity index is 816. The number of carbonyl (C=O) groups is 1. The van der Waals surface area contributed by atoms with Crippen LogP contribution in [0.4, 0.5) is 5.88 Å². The SMILES string of the molecule is Cc1cc(NC(=O)C(C)Sc2ccc3ccccc3n2)on1. The zero-order chi connectivity index (χ0) is 15.5. The van der Waals surface area contributed by atoms with Crippen LogP contribution < -0.4 is 5.32 Å². The molecule has 2 heterocycles. The zero-order valence-corrected chi connectivity index (χ0v) is 13.1. The fraction of sp³-hybridized carbons (Fsp3) is 0.188. The monoisotopic (exact) mass is 313 g/mol. The van der Waals surface area contributed by atoms with E-state index in [0.29, 0.717) is 5.88 Å². The van der Waals surface area contributed by atoms with Crippen molar-refractivity contribution in [3.8, 4) is 0 Å². The van der Waals surface area contributed by atoms with E-state index in [1.54, 1.807) is 13.0 Å². The second-order valence-electron chi connectivity index (χ2n) is 4.92. The summed E-state index contributed by atoms with van der Waals surface area (Å²) in [6, 6.07) is 13.5. The molecule has 1 aromatic carbocycles. The average molecular weight is 313 g/mol. The van der Waals surface area contributed by atoms with E-state index in [1.165, 1.54) is 11.8 Å². The van der Waals surface area contributed by atoms with Crippen LogP contribution in [0.5, 0.6) is 0 Å². The maximum atomic E-state index is 12.1. The van der Waals surface area contributed by atoms with Crippen LogP contribution in [-0.2, 0) is 4.79 Å². The number of fused-ring (bicyclic) bond motifs is 1. The Morgan fingerprint density at radius 3 is 2.86 bits per heavy atom. The summed E-state index contributed by atoms with van der Waals surface area (Å²) < 4.78 is 4.99. The number of hydrogen-bond donors (Lipinski definition) is 1. The molecule has 22 heavy (non-hydrogen) atoms. The molecule has 0 fully saturated rings. The lowest BCUT2D eigenvalue weighted by molar-refractivity contribution is -0.115. The van der Waals surface area contributed by atoms with Gasteiger partial charge >= 0.3 is 0 Å². The lowest BCUT2D eigenvalue weighted by atomic mass is 10.2. The Morgan fingerprint density at radius 2 is 2.09 bits per heavy atom. The number of para-hydroxylation sites is 1. The normalized spacial score (nSPS) is 12.3. The molecule has 2 aromatic heterocycles. The summed E-state index contributed by atoms with van der Waals surface area (Å²) >= 11 is 1.41. The number of anilines is 1. The maximum absolute atomic E-state index is 12.1. The Kier molecular flexibility index (Phi) is 4.11. The third-order valence-corrected chi connectivity index (χ3v) is 4.15. The molecule has 3 rings (SSSR count). The van der Waals surface area contributed by atoms with Crippen molar-refractivity contribution < 1.29 is 9.32 Å².